The van der Waals surface area contributed by atoms with Gasteiger partial charge in [-0.3, -0.25) is 9.97 Å². The van der Waals surface area contributed by atoms with Crippen LogP contribution in [-0.4, -0.2) is 34.4 Å². The van der Waals surface area contributed by atoms with Crippen molar-refractivity contribution in [3.05, 3.63) is 85.2 Å². The van der Waals surface area contributed by atoms with Gasteiger partial charge >= 0.3 is 17.1 Å². The van der Waals surface area contributed by atoms with E-state index in [1.165, 1.54) is 7.11 Å². The second kappa shape index (κ2) is 15.4. The summed E-state index contributed by atoms with van der Waals surface area (Å²) in [6.07, 6.45) is 5.85. The van der Waals surface area contributed by atoms with Gasteiger partial charge in [0.1, 0.15) is 11.5 Å². The molecule has 2 aromatic carbocycles. The number of phenols is 2. The molecule has 0 spiro atoms. The second-order valence-corrected chi connectivity index (χ2v) is 7.43. The summed E-state index contributed by atoms with van der Waals surface area (Å²) >= 11 is 0. The smallest absolute Gasteiger partial charge is 1.00 e. The molecule has 0 saturated carbocycles. The molecule has 2 N–H and O–H groups in total. The SMILES string of the molecule is C=CCc1cc(OC)c(O)c(-c2ccc(-c3ccc(-c4cc(OC)ccc4O)cn3)nc2)c1.[Cl-].[Cl-].[Cl-].[Mn+3]. The molecule has 10 heteroatoms. The topological polar surface area (TPSA) is 84.7 Å². The molecule has 0 saturated heterocycles. The van der Waals surface area contributed by atoms with Crippen molar-refractivity contribution in [1.29, 1.82) is 0 Å². The van der Waals surface area contributed by atoms with E-state index in [4.69, 9.17) is 9.47 Å². The molecule has 37 heavy (non-hydrogen) atoms. The fourth-order valence-corrected chi connectivity index (χ4v) is 3.61. The van der Waals surface area contributed by atoms with E-state index >= 15 is 0 Å². The number of aromatic hydroxyl groups is 2. The molecule has 0 radical (unpaired) electrons. The molecule has 4 aromatic rings. The van der Waals surface area contributed by atoms with E-state index in [0.29, 0.717) is 40.4 Å². The Bertz CT molecular complexity index is 1300. The Balaban J connectivity index is 0.00000324. The Morgan fingerprint density at radius 2 is 1.38 bits per heavy atom. The molecular weight excluding hydrogens is 578 g/mol. The minimum atomic E-state index is 0. The molecule has 0 fully saturated rings. The number of pyridine rings is 2. The van der Waals surface area contributed by atoms with Gasteiger partial charge in [-0.15, -0.1) is 6.58 Å². The van der Waals surface area contributed by atoms with Crippen molar-refractivity contribution >= 4 is 0 Å². The van der Waals surface area contributed by atoms with E-state index in [0.717, 1.165) is 16.7 Å². The fraction of sp³-hybridized carbons (Fsp3) is 0.111. The molecule has 0 aliphatic heterocycles. The van der Waals surface area contributed by atoms with Crippen LogP contribution in [0.3, 0.4) is 0 Å². The summed E-state index contributed by atoms with van der Waals surface area (Å²) in [5.74, 6) is 1.29. The zero-order chi connectivity index (χ0) is 23.4. The predicted octanol–water partition coefficient (Wildman–Crippen LogP) is -3.36. The zero-order valence-electron chi connectivity index (χ0n) is 20.0. The third-order valence-electron chi connectivity index (χ3n) is 5.35. The second-order valence-electron chi connectivity index (χ2n) is 7.43. The van der Waals surface area contributed by atoms with Crippen molar-refractivity contribution in [3.8, 4) is 56.6 Å². The average Bonchev–Trinajstić information content (AvgIpc) is 2.86. The first-order chi connectivity index (χ1) is 16.0. The van der Waals surface area contributed by atoms with Crippen molar-refractivity contribution < 1.29 is 74.0 Å². The van der Waals surface area contributed by atoms with Gasteiger partial charge in [-0.1, -0.05) is 18.2 Å². The number of hydrogen-bond donors (Lipinski definition) is 2. The van der Waals surface area contributed by atoms with Crippen molar-refractivity contribution in [2.75, 3.05) is 14.2 Å². The molecule has 2 aromatic heterocycles. The standard InChI is InChI=1S/C27H24N2O4.3ClH.Mn/c1-4-5-17-12-22(27(31)26(13-17)33-3)19-7-10-24(29-16-19)23-9-6-18(15-28-23)21-14-20(32-2)8-11-25(21)30;;;;/h4,6-16,30-31H,1,5H2,2-3H3;3*1H;/q;;;;+3/p-3. The number of hydrogen-bond acceptors (Lipinski definition) is 6. The summed E-state index contributed by atoms with van der Waals surface area (Å²) in [6.45, 7) is 3.78. The zero-order valence-corrected chi connectivity index (χ0v) is 23.4. The molecule has 0 bridgehead atoms. The number of phenolic OH excluding ortho intramolecular Hbond substituents is 2. The normalized spacial score (nSPS) is 9.46. The molecule has 0 unspecified atom stereocenters. The summed E-state index contributed by atoms with van der Waals surface area (Å²) < 4.78 is 10.6. The van der Waals surface area contributed by atoms with Gasteiger partial charge in [0.05, 0.1) is 25.6 Å². The van der Waals surface area contributed by atoms with Crippen LogP contribution in [-0.2, 0) is 23.5 Å². The van der Waals surface area contributed by atoms with Crippen LogP contribution in [0.15, 0.2) is 79.6 Å². The number of benzene rings is 2. The van der Waals surface area contributed by atoms with Crippen LogP contribution < -0.4 is 46.7 Å². The summed E-state index contributed by atoms with van der Waals surface area (Å²) in [5, 5.41) is 20.8. The van der Waals surface area contributed by atoms with Gasteiger partial charge in [-0.25, -0.2) is 0 Å². The number of allylic oxidation sites excluding steroid dienone is 1. The number of halogens is 3. The summed E-state index contributed by atoms with van der Waals surface area (Å²) in [4.78, 5) is 9.05. The maximum atomic E-state index is 10.6. The van der Waals surface area contributed by atoms with Crippen molar-refractivity contribution in [2.45, 2.75) is 6.42 Å². The Kier molecular flexibility index (Phi) is 14.1. The molecule has 0 aliphatic carbocycles. The molecule has 194 valence electrons. The van der Waals surface area contributed by atoms with Crippen LogP contribution in [0.25, 0.3) is 33.6 Å². The predicted molar refractivity (Wildman–Crippen MR) is 129 cm³/mol. The molecule has 0 aliphatic rings. The average molecular weight is 602 g/mol. The minimum Gasteiger partial charge on any atom is -1.00 e. The van der Waals surface area contributed by atoms with Gasteiger partial charge < -0.3 is 56.9 Å². The first kappa shape index (κ1) is 34.1. The number of ether oxygens (including phenoxy) is 2. The third kappa shape index (κ3) is 7.54. The van der Waals surface area contributed by atoms with E-state index in [9.17, 15) is 10.2 Å². The number of nitrogens with zero attached hydrogens (tertiary/aromatic N) is 2. The van der Waals surface area contributed by atoms with Crippen LogP contribution in [0.4, 0.5) is 0 Å². The van der Waals surface area contributed by atoms with E-state index < -0.39 is 0 Å². The van der Waals surface area contributed by atoms with Crippen LogP contribution in [0.2, 0.25) is 0 Å². The fourth-order valence-electron chi connectivity index (χ4n) is 3.61. The maximum absolute atomic E-state index is 10.6. The van der Waals surface area contributed by atoms with Crippen molar-refractivity contribution in [1.82, 2.24) is 9.97 Å². The van der Waals surface area contributed by atoms with Gasteiger partial charge in [-0.05, 0) is 54.4 Å². The molecule has 6 nitrogen and oxygen atoms in total. The van der Waals surface area contributed by atoms with Crippen molar-refractivity contribution in [2.24, 2.45) is 0 Å². The van der Waals surface area contributed by atoms with Gasteiger partial charge in [0.25, 0.3) is 0 Å². The van der Waals surface area contributed by atoms with E-state index in [-0.39, 0.29) is 65.8 Å². The molecule has 0 amide bonds. The monoisotopic (exact) mass is 600 g/mol. The first-order valence-corrected chi connectivity index (χ1v) is 10.3. The quantitative estimate of drug-likeness (QED) is 0.170. The third-order valence-corrected chi connectivity index (χ3v) is 5.35. The summed E-state index contributed by atoms with van der Waals surface area (Å²) in [7, 11) is 3.11. The number of methoxy groups -OCH3 is 2. The van der Waals surface area contributed by atoms with Crippen LogP contribution >= 0.6 is 0 Å². The van der Waals surface area contributed by atoms with E-state index in [1.807, 2.05) is 30.3 Å². The van der Waals surface area contributed by atoms with Crippen molar-refractivity contribution in [3.63, 3.8) is 0 Å². The molecular formula is C27H24Cl3MnN2O4. The minimum absolute atomic E-state index is 0. The van der Waals surface area contributed by atoms with E-state index in [2.05, 4.69) is 16.5 Å². The summed E-state index contributed by atoms with van der Waals surface area (Å²) in [5.41, 5.74) is 5.17. The first-order valence-electron chi connectivity index (χ1n) is 10.3. The van der Waals surface area contributed by atoms with Gasteiger partial charge in [-0.2, -0.15) is 0 Å². The summed E-state index contributed by atoms with van der Waals surface area (Å²) in [6, 6.07) is 16.2. The Morgan fingerprint density at radius 1 is 0.784 bits per heavy atom. The molecule has 4 rings (SSSR count). The van der Waals surface area contributed by atoms with E-state index in [1.54, 1.807) is 49.8 Å². The van der Waals surface area contributed by atoms with Gasteiger partial charge in [0.2, 0.25) is 0 Å². The number of rotatable bonds is 7. The van der Waals surface area contributed by atoms with Crippen LogP contribution in [0, 0.1) is 0 Å². The van der Waals surface area contributed by atoms with Crippen LogP contribution in [0.5, 0.6) is 23.0 Å². The Morgan fingerprint density at radius 3 is 1.86 bits per heavy atom. The Hall–Kier alpha value is -2.93. The number of aromatic nitrogens is 2. The van der Waals surface area contributed by atoms with Gasteiger partial charge in [0.15, 0.2) is 11.5 Å². The van der Waals surface area contributed by atoms with Gasteiger partial charge in [0, 0.05) is 34.6 Å². The van der Waals surface area contributed by atoms with Crippen LogP contribution in [0.1, 0.15) is 5.56 Å². The Labute approximate surface area is 245 Å². The molecule has 0 atom stereocenters. The largest absolute Gasteiger partial charge is 3.00 e. The molecule has 2 heterocycles. The maximum Gasteiger partial charge on any atom is 3.00 e.